The normalized spacial score (nSPS) is 7.50. The summed E-state index contributed by atoms with van der Waals surface area (Å²) in [6.45, 7) is 0. The molecule has 0 atom stereocenters. The monoisotopic (exact) mass is 138 g/mol. The van der Waals surface area contributed by atoms with Gasteiger partial charge in [-0.15, -0.1) is 0 Å². The van der Waals surface area contributed by atoms with Crippen molar-refractivity contribution in [2.75, 3.05) is 0 Å². The summed E-state index contributed by atoms with van der Waals surface area (Å²) < 4.78 is 0. The number of hydrogen-bond donors (Lipinski definition) is 1. The van der Waals surface area contributed by atoms with Crippen LogP contribution in [0.25, 0.3) is 5.53 Å². The summed E-state index contributed by atoms with van der Waals surface area (Å²) in [5, 5.41) is 8.05. The second-order valence-corrected chi connectivity index (χ2v) is 1.57. The molecule has 0 bridgehead atoms. The Bertz CT molecular complexity index is 220. The molecule has 0 saturated carbocycles. The van der Waals surface area contributed by atoms with Gasteiger partial charge < -0.3 is 11.3 Å². The van der Waals surface area contributed by atoms with E-state index >= 15 is 0 Å². The molecule has 5 heteroatoms. The molecule has 2 N–H and O–H groups in total. The van der Waals surface area contributed by atoms with E-state index in [9.17, 15) is 4.79 Å². The minimum Gasteiger partial charge on any atom is -0.361 e. The van der Waals surface area contributed by atoms with Gasteiger partial charge in [-0.05, 0) is 0 Å². The predicted octanol–water partition coefficient (Wildman–Crippen LogP) is -0.554. The summed E-state index contributed by atoms with van der Waals surface area (Å²) in [6, 6.07) is 1.79. The summed E-state index contributed by atoms with van der Waals surface area (Å²) in [7, 11) is 0. The van der Waals surface area contributed by atoms with Crippen molar-refractivity contribution in [2.45, 2.75) is 12.8 Å². The van der Waals surface area contributed by atoms with E-state index in [2.05, 4.69) is 4.79 Å². The first-order valence-electron chi connectivity index (χ1n) is 2.60. The lowest BCUT2D eigenvalue weighted by atomic mass is 10.2. The van der Waals surface area contributed by atoms with Gasteiger partial charge in [0.25, 0.3) is 0 Å². The highest BCUT2D eigenvalue weighted by Gasteiger charge is 2.14. The molecule has 0 aromatic heterocycles. The largest absolute Gasteiger partial charge is 0.361 e. The number of carbonyl (C=O) groups is 1. The molecule has 0 rings (SSSR count). The Morgan fingerprint density at radius 3 is 2.70 bits per heavy atom. The lowest BCUT2D eigenvalue weighted by Crippen LogP contribution is -2.23. The van der Waals surface area contributed by atoms with Crippen molar-refractivity contribution in [1.29, 1.82) is 5.26 Å². The fraction of sp³-hybridized carbons (Fsp3) is 0.400. The van der Waals surface area contributed by atoms with Gasteiger partial charge >= 0.3 is 11.6 Å². The highest BCUT2D eigenvalue weighted by molar-refractivity contribution is 6.35. The van der Waals surface area contributed by atoms with Crippen molar-refractivity contribution < 1.29 is 9.58 Å². The highest BCUT2D eigenvalue weighted by atomic mass is 16.1. The standard InChI is InChI=1S/C5H6N4O/c6-3-1-2-4(9-8)5(7)10/h1-2H2,(H2,7,10). The second-order valence-electron chi connectivity index (χ2n) is 1.57. The fourth-order valence-electron chi connectivity index (χ4n) is 0.397. The van der Waals surface area contributed by atoms with Gasteiger partial charge in [-0.2, -0.15) is 10.1 Å². The van der Waals surface area contributed by atoms with E-state index in [1.807, 2.05) is 0 Å². The van der Waals surface area contributed by atoms with Crippen LogP contribution in [0, 0.1) is 11.3 Å². The second kappa shape index (κ2) is 4.24. The third kappa shape index (κ3) is 2.60. The van der Waals surface area contributed by atoms with Crippen LogP contribution in [-0.2, 0) is 4.79 Å². The maximum absolute atomic E-state index is 10.3. The van der Waals surface area contributed by atoms with Gasteiger partial charge in [0.15, 0.2) is 0 Å². The first-order chi connectivity index (χ1) is 4.72. The molecule has 0 aliphatic carbocycles. The number of nitriles is 1. The molecule has 10 heavy (non-hydrogen) atoms. The van der Waals surface area contributed by atoms with Crippen LogP contribution in [0.3, 0.4) is 0 Å². The van der Waals surface area contributed by atoms with Crippen molar-refractivity contribution in [3.05, 3.63) is 5.53 Å². The highest BCUT2D eigenvalue weighted by Crippen LogP contribution is 1.86. The van der Waals surface area contributed by atoms with Gasteiger partial charge in [0.1, 0.15) is 0 Å². The van der Waals surface area contributed by atoms with E-state index < -0.39 is 5.91 Å². The van der Waals surface area contributed by atoms with E-state index in [-0.39, 0.29) is 18.6 Å². The van der Waals surface area contributed by atoms with Crippen LogP contribution in [0.2, 0.25) is 0 Å². The zero-order valence-electron chi connectivity index (χ0n) is 5.24. The topological polar surface area (TPSA) is 103 Å². The average molecular weight is 138 g/mol. The quantitative estimate of drug-likeness (QED) is 0.321. The van der Waals surface area contributed by atoms with E-state index in [0.717, 1.165) is 0 Å². The van der Waals surface area contributed by atoms with E-state index in [1.165, 1.54) is 0 Å². The lowest BCUT2D eigenvalue weighted by Gasteiger charge is -1.82. The fourth-order valence-corrected chi connectivity index (χ4v) is 0.397. The number of carbonyl (C=O) groups excluding carboxylic acids is 1. The van der Waals surface area contributed by atoms with Gasteiger partial charge in [0.2, 0.25) is 0 Å². The molecule has 52 valence electrons. The van der Waals surface area contributed by atoms with Gasteiger partial charge in [-0.25, -0.2) is 0 Å². The maximum atomic E-state index is 10.3. The minimum atomic E-state index is -0.794. The zero-order chi connectivity index (χ0) is 7.98. The molecule has 0 aromatic carbocycles. The molecule has 0 radical (unpaired) electrons. The van der Waals surface area contributed by atoms with Crippen LogP contribution in [0.5, 0.6) is 0 Å². The summed E-state index contributed by atoms with van der Waals surface area (Å²) in [4.78, 5) is 12.9. The molecule has 0 unspecified atom stereocenters. The summed E-state index contributed by atoms with van der Waals surface area (Å²) in [5.41, 5.74) is 12.7. The minimum absolute atomic E-state index is 0.0995. The first kappa shape index (κ1) is 8.34. The van der Waals surface area contributed by atoms with E-state index in [4.69, 9.17) is 16.5 Å². The molecule has 0 heterocycles. The molecule has 0 spiro atoms. The van der Waals surface area contributed by atoms with E-state index in [0.29, 0.717) is 0 Å². The molecule has 0 aliphatic heterocycles. The Morgan fingerprint density at radius 2 is 2.40 bits per heavy atom. The molecule has 1 amide bonds. The first-order valence-corrected chi connectivity index (χ1v) is 2.60. The Labute approximate surface area is 57.7 Å². The predicted molar refractivity (Wildman–Crippen MR) is 32.7 cm³/mol. The van der Waals surface area contributed by atoms with Crippen LogP contribution >= 0.6 is 0 Å². The number of nitrogens with zero attached hydrogens (tertiary/aromatic N) is 3. The van der Waals surface area contributed by atoms with Crippen molar-refractivity contribution >= 4 is 11.6 Å². The number of rotatable bonds is 3. The molecular formula is C5H6N4O. The SMILES string of the molecule is N#CCCC(=[N+]=[N-])C(N)=O. The lowest BCUT2D eigenvalue weighted by molar-refractivity contribution is -0.116. The van der Waals surface area contributed by atoms with Crippen molar-refractivity contribution in [3.8, 4) is 6.07 Å². The van der Waals surface area contributed by atoms with Gasteiger partial charge in [-0.3, -0.25) is 4.79 Å². The molecule has 0 aliphatic rings. The molecule has 5 nitrogen and oxygen atoms in total. The number of primary amides is 1. The number of amides is 1. The van der Waals surface area contributed by atoms with Crippen LogP contribution in [0.15, 0.2) is 0 Å². The smallest absolute Gasteiger partial charge is 0.356 e. The molecule has 0 aromatic rings. The number of hydrogen-bond acceptors (Lipinski definition) is 2. The maximum Gasteiger partial charge on any atom is 0.356 e. The average Bonchev–Trinajstić information content (AvgIpc) is 1.89. The van der Waals surface area contributed by atoms with Gasteiger partial charge in [-0.1, -0.05) is 0 Å². The van der Waals surface area contributed by atoms with Gasteiger partial charge in [0.05, 0.1) is 12.5 Å². The molecule has 0 fully saturated rings. The Hall–Kier alpha value is -1.66. The summed E-state index contributed by atoms with van der Waals surface area (Å²) in [6.07, 6.45) is 0.227. The third-order valence-corrected chi connectivity index (χ3v) is 0.879. The zero-order valence-corrected chi connectivity index (χ0v) is 5.24. The molecular weight excluding hydrogens is 132 g/mol. The summed E-state index contributed by atoms with van der Waals surface area (Å²) in [5.74, 6) is -0.794. The van der Waals surface area contributed by atoms with Crippen LogP contribution in [-0.4, -0.2) is 16.4 Å². The summed E-state index contributed by atoms with van der Waals surface area (Å²) >= 11 is 0. The van der Waals surface area contributed by atoms with Crippen molar-refractivity contribution in [1.82, 2.24) is 0 Å². The van der Waals surface area contributed by atoms with Gasteiger partial charge in [0, 0.05) is 6.42 Å². The Balaban J connectivity index is 4.03. The third-order valence-electron chi connectivity index (χ3n) is 0.879. The van der Waals surface area contributed by atoms with Crippen LogP contribution in [0.4, 0.5) is 0 Å². The number of nitrogens with two attached hydrogens (primary N) is 1. The van der Waals surface area contributed by atoms with Crippen LogP contribution < -0.4 is 5.73 Å². The van der Waals surface area contributed by atoms with E-state index in [1.54, 1.807) is 6.07 Å². The Morgan fingerprint density at radius 1 is 1.80 bits per heavy atom. The van der Waals surface area contributed by atoms with Crippen LogP contribution in [0.1, 0.15) is 12.8 Å². The van der Waals surface area contributed by atoms with Crippen molar-refractivity contribution in [2.24, 2.45) is 5.73 Å². The van der Waals surface area contributed by atoms with Crippen molar-refractivity contribution in [3.63, 3.8) is 0 Å². The molecule has 0 saturated heterocycles. The Kier molecular flexibility index (Phi) is 3.54.